The number of carbonyl (C=O) groups excluding carboxylic acids is 1. The van der Waals surface area contributed by atoms with Crippen LogP contribution in [0.5, 0.6) is 0 Å². The number of nitrogens with zero attached hydrogens (tertiary/aromatic N) is 1. The molecule has 174 valence electrons. The molecule has 4 nitrogen and oxygen atoms in total. The molecule has 2 N–H and O–H groups in total. The molecule has 4 aromatic rings. The van der Waals surface area contributed by atoms with Gasteiger partial charge in [0, 0.05) is 16.1 Å². The van der Waals surface area contributed by atoms with Crippen molar-refractivity contribution in [2.75, 3.05) is 30.3 Å². The Morgan fingerprint density at radius 1 is 0.912 bits per heavy atom. The number of rotatable bonds is 6. The van der Waals surface area contributed by atoms with E-state index in [4.69, 9.17) is 0 Å². The zero-order chi connectivity index (χ0) is 23.3. The minimum atomic E-state index is -0.228. The fraction of sp³-hybridized carbons (Fsp3) is 0.276. The number of nitrogens with one attached hydrogen (secondary N) is 2. The second-order valence-electron chi connectivity index (χ2n) is 9.04. The molecule has 3 aromatic carbocycles. The molecule has 1 aliphatic heterocycles. The first kappa shape index (κ1) is 22.6. The third-order valence-electron chi connectivity index (χ3n) is 6.66. The number of piperidine rings is 1. The van der Waals surface area contributed by atoms with Crippen LogP contribution in [0.1, 0.15) is 37.7 Å². The maximum absolute atomic E-state index is 12.8. The maximum atomic E-state index is 12.8. The lowest BCUT2D eigenvalue weighted by atomic mass is 9.89. The van der Waals surface area contributed by atoms with E-state index in [9.17, 15) is 4.79 Å². The number of fused-ring (bicyclic) bond motifs is 1. The van der Waals surface area contributed by atoms with E-state index in [1.54, 1.807) is 11.3 Å². The van der Waals surface area contributed by atoms with E-state index in [0.29, 0.717) is 5.92 Å². The topological polar surface area (TPSA) is 44.4 Å². The van der Waals surface area contributed by atoms with E-state index in [1.807, 2.05) is 42.5 Å². The summed E-state index contributed by atoms with van der Waals surface area (Å²) in [6.07, 6.45) is 3.64. The van der Waals surface area contributed by atoms with Gasteiger partial charge in [-0.25, -0.2) is 4.79 Å². The van der Waals surface area contributed by atoms with E-state index in [2.05, 4.69) is 58.2 Å². The van der Waals surface area contributed by atoms with Gasteiger partial charge in [0.1, 0.15) is 0 Å². The minimum absolute atomic E-state index is 0.228. The predicted octanol–water partition coefficient (Wildman–Crippen LogP) is 7.80. The van der Waals surface area contributed by atoms with Gasteiger partial charge in [0.2, 0.25) is 0 Å². The van der Waals surface area contributed by atoms with E-state index in [0.717, 1.165) is 22.5 Å². The number of amides is 2. The first-order valence-corrected chi connectivity index (χ1v) is 13.0. The summed E-state index contributed by atoms with van der Waals surface area (Å²) in [5.74, 6) is 0.603. The largest absolute Gasteiger partial charge is 0.323 e. The molecule has 5 rings (SSSR count). The number of hydrogen-bond acceptors (Lipinski definition) is 3. The van der Waals surface area contributed by atoms with Gasteiger partial charge in [-0.1, -0.05) is 49.4 Å². The van der Waals surface area contributed by atoms with Gasteiger partial charge < -0.3 is 15.5 Å². The van der Waals surface area contributed by atoms with Crippen molar-refractivity contribution in [3.63, 3.8) is 0 Å². The Kier molecular flexibility index (Phi) is 6.93. The molecule has 0 bridgehead atoms. The van der Waals surface area contributed by atoms with Gasteiger partial charge >= 0.3 is 6.03 Å². The molecule has 1 aliphatic rings. The number of carbonyl (C=O) groups is 1. The second-order valence-corrected chi connectivity index (χ2v) is 9.96. The van der Waals surface area contributed by atoms with Gasteiger partial charge in [0.15, 0.2) is 0 Å². The van der Waals surface area contributed by atoms with Gasteiger partial charge in [-0.15, -0.1) is 11.3 Å². The van der Waals surface area contributed by atoms with Gasteiger partial charge in [-0.05, 0) is 103 Å². The molecule has 34 heavy (non-hydrogen) atoms. The summed E-state index contributed by atoms with van der Waals surface area (Å²) in [5, 5.41) is 9.62. The number of urea groups is 1. The Balaban J connectivity index is 1.27. The molecular formula is C29H31N3OS. The van der Waals surface area contributed by atoms with Crippen molar-refractivity contribution < 1.29 is 4.79 Å². The Morgan fingerprint density at radius 3 is 2.41 bits per heavy atom. The molecule has 5 heteroatoms. The zero-order valence-corrected chi connectivity index (χ0v) is 20.4. The summed E-state index contributed by atoms with van der Waals surface area (Å²) in [6, 6.07) is 24.1. The first-order chi connectivity index (χ1) is 16.7. The number of hydrogen-bond donors (Lipinski definition) is 2. The lowest BCUT2D eigenvalue weighted by Crippen LogP contribution is -2.33. The Hall–Kier alpha value is -3.15. The highest BCUT2D eigenvalue weighted by atomic mass is 32.1. The highest BCUT2D eigenvalue weighted by Gasteiger charge is 2.22. The van der Waals surface area contributed by atoms with Crippen molar-refractivity contribution in [2.24, 2.45) is 0 Å². The highest BCUT2D eigenvalue weighted by molar-refractivity contribution is 7.17. The van der Waals surface area contributed by atoms with Gasteiger partial charge in [-0.3, -0.25) is 0 Å². The van der Waals surface area contributed by atoms with Crippen LogP contribution in [0.4, 0.5) is 16.2 Å². The zero-order valence-electron chi connectivity index (χ0n) is 19.6. The standard InChI is InChI=1S/C29H31N3OS/c1-2-15-32-16-13-22(14-17-32)27-20-34-28-12-11-25(19-26(27)28)31-29(33)30-24-10-6-9-23(18-24)21-7-4-3-5-8-21/h3-12,18-20,22H,2,13-17H2,1H3,(H2,30,31,33). The summed E-state index contributed by atoms with van der Waals surface area (Å²) >= 11 is 1.81. The van der Waals surface area contributed by atoms with E-state index in [-0.39, 0.29) is 6.03 Å². The monoisotopic (exact) mass is 469 g/mol. The van der Waals surface area contributed by atoms with E-state index < -0.39 is 0 Å². The second kappa shape index (κ2) is 10.4. The smallest absolute Gasteiger partial charge is 0.308 e. The molecule has 0 radical (unpaired) electrons. The molecule has 0 unspecified atom stereocenters. The minimum Gasteiger partial charge on any atom is -0.308 e. The molecule has 0 spiro atoms. The molecule has 1 saturated heterocycles. The van der Waals surface area contributed by atoms with Crippen LogP contribution in [0.15, 0.2) is 78.2 Å². The van der Waals surface area contributed by atoms with Crippen molar-refractivity contribution in [3.8, 4) is 11.1 Å². The van der Waals surface area contributed by atoms with Gasteiger partial charge in [0.05, 0.1) is 0 Å². The Bertz CT molecular complexity index is 1260. The van der Waals surface area contributed by atoms with Crippen LogP contribution >= 0.6 is 11.3 Å². The van der Waals surface area contributed by atoms with Gasteiger partial charge in [-0.2, -0.15) is 0 Å². The third-order valence-corrected chi connectivity index (χ3v) is 7.64. The van der Waals surface area contributed by atoms with Crippen molar-refractivity contribution in [1.82, 2.24) is 4.90 Å². The summed E-state index contributed by atoms with van der Waals surface area (Å²) in [5.41, 5.74) is 5.24. The molecule has 1 fully saturated rings. The SMILES string of the molecule is CCCN1CCC(c2csc3ccc(NC(=O)Nc4cccc(-c5ccccc5)c4)cc23)CC1. The highest BCUT2D eigenvalue weighted by Crippen LogP contribution is 2.38. The summed E-state index contributed by atoms with van der Waals surface area (Å²) in [6.45, 7) is 5.81. The quantitative estimate of drug-likeness (QED) is 0.302. The molecule has 0 aliphatic carbocycles. The fourth-order valence-corrected chi connectivity index (χ4v) is 5.95. The average molecular weight is 470 g/mol. The van der Waals surface area contributed by atoms with Crippen molar-refractivity contribution in [2.45, 2.75) is 32.1 Å². The van der Waals surface area contributed by atoms with Crippen LogP contribution in [-0.4, -0.2) is 30.6 Å². The molecule has 1 aromatic heterocycles. The predicted molar refractivity (Wildman–Crippen MR) is 145 cm³/mol. The van der Waals surface area contributed by atoms with Gasteiger partial charge in [0.25, 0.3) is 0 Å². The summed E-state index contributed by atoms with van der Waals surface area (Å²) in [4.78, 5) is 15.3. The van der Waals surface area contributed by atoms with E-state index in [1.165, 1.54) is 54.5 Å². The average Bonchev–Trinajstić information content (AvgIpc) is 3.29. The summed E-state index contributed by atoms with van der Waals surface area (Å²) in [7, 11) is 0. The third kappa shape index (κ3) is 5.16. The number of anilines is 2. The van der Waals surface area contributed by atoms with Crippen LogP contribution in [0, 0.1) is 0 Å². The maximum Gasteiger partial charge on any atom is 0.323 e. The molecular weight excluding hydrogens is 438 g/mol. The molecule has 2 amide bonds. The molecule has 2 heterocycles. The number of likely N-dealkylation sites (tertiary alicyclic amines) is 1. The normalized spacial score (nSPS) is 14.9. The van der Waals surface area contributed by atoms with Crippen LogP contribution < -0.4 is 10.6 Å². The van der Waals surface area contributed by atoms with Crippen LogP contribution in [-0.2, 0) is 0 Å². The van der Waals surface area contributed by atoms with Crippen molar-refractivity contribution in [3.05, 3.63) is 83.7 Å². The Labute approximate surface area is 205 Å². The van der Waals surface area contributed by atoms with Crippen LogP contribution in [0.3, 0.4) is 0 Å². The molecule has 0 saturated carbocycles. The van der Waals surface area contributed by atoms with Crippen LogP contribution in [0.2, 0.25) is 0 Å². The van der Waals surface area contributed by atoms with Crippen molar-refractivity contribution in [1.29, 1.82) is 0 Å². The van der Waals surface area contributed by atoms with Crippen molar-refractivity contribution >= 4 is 38.8 Å². The Morgan fingerprint density at radius 2 is 1.65 bits per heavy atom. The summed E-state index contributed by atoms with van der Waals surface area (Å²) < 4.78 is 1.28. The number of thiophene rings is 1. The fourth-order valence-electron chi connectivity index (χ4n) is 4.93. The lowest BCUT2D eigenvalue weighted by Gasteiger charge is -2.31. The van der Waals surface area contributed by atoms with Crippen LogP contribution in [0.25, 0.3) is 21.2 Å². The lowest BCUT2D eigenvalue weighted by molar-refractivity contribution is 0.213. The molecule has 0 atom stereocenters. The first-order valence-electron chi connectivity index (χ1n) is 12.2. The van der Waals surface area contributed by atoms with E-state index >= 15 is 0 Å². The number of benzene rings is 3.